The Morgan fingerprint density at radius 3 is 2.50 bits per heavy atom. The molecular weight excluding hydrogens is 356 g/mol. The lowest BCUT2D eigenvalue weighted by Crippen LogP contribution is -2.49. The number of carboxylic acid groups (broad SMARTS) is 1. The standard InChI is InChI=1S/C22H26N2O4/c1-16-7-9-18(10-8-16)13-24-12-11-23(15-21(24)25)14-19-5-3-4-6-20(19)28-17(2)22(26)27/h3-10,17H,11-15H2,1-2H3,(H,26,27)/t17-/m1/s1. The van der Waals surface area contributed by atoms with E-state index in [2.05, 4.69) is 29.2 Å². The normalized spacial score (nSPS) is 16.1. The third-order valence-corrected chi connectivity index (χ3v) is 4.91. The predicted octanol–water partition coefficient (Wildman–Crippen LogP) is 2.69. The van der Waals surface area contributed by atoms with Crippen LogP contribution in [0.5, 0.6) is 5.75 Å². The monoisotopic (exact) mass is 382 g/mol. The molecule has 1 saturated heterocycles. The number of nitrogens with zero attached hydrogens (tertiary/aromatic N) is 2. The number of carboxylic acids is 1. The van der Waals surface area contributed by atoms with Gasteiger partial charge in [-0.3, -0.25) is 9.69 Å². The number of aryl methyl sites for hydroxylation is 1. The summed E-state index contributed by atoms with van der Waals surface area (Å²) in [6.45, 7) is 6.50. The summed E-state index contributed by atoms with van der Waals surface area (Å²) in [5, 5.41) is 9.07. The lowest BCUT2D eigenvalue weighted by atomic mass is 10.1. The fraction of sp³-hybridized carbons (Fsp3) is 0.364. The molecule has 0 spiro atoms. The average Bonchev–Trinajstić information content (AvgIpc) is 2.67. The van der Waals surface area contributed by atoms with E-state index in [1.165, 1.54) is 12.5 Å². The zero-order valence-electron chi connectivity index (χ0n) is 16.3. The van der Waals surface area contributed by atoms with Gasteiger partial charge in [-0.15, -0.1) is 0 Å². The van der Waals surface area contributed by atoms with Crippen molar-refractivity contribution in [3.63, 3.8) is 0 Å². The molecule has 1 aliphatic heterocycles. The molecular formula is C22H26N2O4. The SMILES string of the molecule is Cc1ccc(CN2CCN(Cc3ccccc3O[C@H](C)C(=O)O)CC2=O)cc1. The van der Waals surface area contributed by atoms with Crippen LogP contribution in [-0.2, 0) is 22.7 Å². The first-order valence-corrected chi connectivity index (χ1v) is 9.45. The zero-order chi connectivity index (χ0) is 20.1. The fourth-order valence-electron chi connectivity index (χ4n) is 3.20. The number of benzene rings is 2. The van der Waals surface area contributed by atoms with Gasteiger partial charge in [-0.25, -0.2) is 4.79 Å². The Labute approximate surface area is 165 Å². The van der Waals surface area contributed by atoms with Gasteiger partial charge in [0.15, 0.2) is 6.10 Å². The molecule has 1 amide bonds. The van der Waals surface area contributed by atoms with Crippen LogP contribution in [0.1, 0.15) is 23.6 Å². The molecule has 6 nitrogen and oxygen atoms in total. The minimum atomic E-state index is -1.00. The molecule has 2 aromatic rings. The Morgan fingerprint density at radius 1 is 1.11 bits per heavy atom. The molecule has 0 aliphatic carbocycles. The molecule has 1 N–H and O–H groups in total. The first-order chi connectivity index (χ1) is 13.4. The number of aliphatic carboxylic acids is 1. The van der Waals surface area contributed by atoms with E-state index in [1.54, 1.807) is 6.07 Å². The Balaban J connectivity index is 1.60. The molecule has 0 unspecified atom stereocenters. The average molecular weight is 382 g/mol. The molecule has 1 fully saturated rings. The summed E-state index contributed by atoms with van der Waals surface area (Å²) in [5.41, 5.74) is 3.22. The Bertz CT molecular complexity index is 835. The van der Waals surface area contributed by atoms with E-state index in [1.807, 2.05) is 30.0 Å². The predicted molar refractivity (Wildman–Crippen MR) is 106 cm³/mol. The van der Waals surface area contributed by atoms with E-state index in [9.17, 15) is 9.59 Å². The molecule has 0 aromatic heterocycles. The second-order valence-corrected chi connectivity index (χ2v) is 7.22. The highest BCUT2D eigenvalue weighted by molar-refractivity contribution is 5.79. The van der Waals surface area contributed by atoms with Gasteiger partial charge in [-0.05, 0) is 25.5 Å². The van der Waals surface area contributed by atoms with Crippen molar-refractivity contribution in [3.05, 3.63) is 65.2 Å². The molecule has 0 bridgehead atoms. The first-order valence-electron chi connectivity index (χ1n) is 9.45. The van der Waals surface area contributed by atoms with Crippen LogP contribution in [0.4, 0.5) is 0 Å². The molecule has 1 aliphatic rings. The second kappa shape index (κ2) is 8.89. The molecule has 1 atom stereocenters. The minimum Gasteiger partial charge on any atom is -0.479 e. The topological polar surface area (TPSA) is 70.1 Å². The highest BCUT2D eigenvalue weighted by Crippen LogP contribution is 2.22. The summed E-state index contributed by atoms with van der Waals surface area (Å²) in [6, 6.07) is 15.6. The minimum absolute atomic E-state index is 0.101. The summed E-state index contributed by atoms with van der Waals surface area (Å²) in [7, 11) is 0. The largest absolute Gasteiger partial charge is 0.479 e. The van der Waals surface area contributed by atoms with Crippen molar-refractivity contribution in [2.45, 2.75) is 33.0 Å². The molecule has 148 valence electrons. The summed E-state index contributed by atoms with van der Waals surface area (Å²) in [6.07, 6.45) is -0.922. The van der Waals surface area contributed by atoms with Crippen LogP contribution < -0.4 is 4.74 Å². The van der Waals surface area contributed by atoms with E-state index in [4.69, 9.17) is 9.84 Å². The summed E-state index contributed by atoms with van der Waals surface area (Å²) in [5.74, 6) is -0.356. The van der Waals surface area contributed by atoms with Gasteiger partial charge < -0.3 is 14.7 Å². The number of hydrogen-bond acceptors (Lipinski definition) is 4. The maximum atomic E-state index is 12.6. The maximum absolute atomic E-state index is 12.6. The Kier molecular flexibility index (Phi) is 6.31. The van der Waals surface area contributed by atoms with E-state index < -0.39 is 12.1 Å². The number of carbonyl (C=O) groups excluding carboxylic acids is 1. The van der Waals surface area contributed by atoms with Gasteiger partial charge >= 0.3 is 5.97 Å². The van der Waals surface area contributed by atoms with Crippen molar-refractivity contribution in [2.24, 2.45) is 0 Å². The summed E-state index contributed by atoms with van der Waals surface area (Å²) in [4.78, 5) is 27.6. The van der Waals surface area contributed by atoms with Gasteiger partial charge in [0.25, 0.3) is 0 Å². The van der Waals surface area contributed by atoms with E-state index in [-0.39, 0.29) is 5.91 Å². The lowest BCUT2D eigenvalue weighted by molar-refractivity contribution is -0.144. The number of carbonyl (C=O) groups is 2. The number of ether oxygens (including phenoxy) is 1. The highest BCUT2D eigenvalue weighted by atomic mass is 16.5. The molecule has 28 heavy (non-hydrogen) atoms. The number of hydrogen-bond donors (Lipinski definition) is 1. The highest BCUT2D eigenvalue weighted by Gasteiger charge is 2.25. The molecule has 2 aromatic carbocycles. The van der Waals surface area contributed by atoms with Gasteiger partial charge in [0.05, 0.1) is 6.54 Å². The third kappa shape index (κ3) is 5.10. The summed E-state index contributed by atoms with van der Waals surface area (Å²) < 4.78 is 5.56. The van der Waals surface area contributed by atoms with Crippen LogP contribution in [0.3, 0.4) is 0 Å². The van der Waals surface area contributed by atoms with Crippen LogP contribution in [-0.4, -0.2) is 52.5 Å². The number of rotatable bonds is 7. The van der Waals surface area contributed by atoms with Crippen LogP contribution in [0, 0.1) is 6.92 Å². The molecule has 1 heterocycles. The molecule has 0 saturated carbocycles. The van der Waals surface area contributed by atoms with E-state index in [0.29, 0.717) is 31.9 Å². The van der Waals surface area contributed by atoms with Crippen LogP contribution in [0.25, 0.3) is 0 Å². The quantitative estimate of drug-likeness (QED) is 0.797. The van der Waals surface area contributed by atoms with Crippen molar-refractivity contribution in [2.75, 3.05) is 19.6 Å². The Morgan fingerprint density at radius 2 is 1.82 bits per heavy atom. The molecule has 6 heteroatoms. The van der Waals surface area contributed by atoms with Crippen molar-refractivity contribution in [1.82, 2.24) is 9.80 Å². The van der Waals surface area contributed by atoms with E-state index >= 15 is 0 Å². The first kappa shape index (κ1) is 19.9. The number of para-hydroxylation sites is 1. The van der Waals surface area contributed by atoms with Crippen LogP contribution in [0.15, 0.2) is 48.5 Å². The zero-order valence-corrected chi connectivity index (χ0v) is 16.3. The molecule has 0 radical (unpaired) electrons. The fourth-order valence-corrected chi connectivity index (χ4v) is 3.20. The Hall–Kier alpha value is -2.86. The summed E-state index contributed by atoms with van der Waals surface area (Å²) >= 11 is 0. The van der Waals surface area contributed by atoms with Crippen LogP contribution >= 0.6 is 0 Å². The van der Waals surface area contributed by atoms with Gasteiger partial charge in [-0.2, -0.15) is 0 Å². The van der Waals surface area contributed by atoms with Gasteiger partial charge in [0, 0.05) is 31.7 Å². The number of amides is 1. The van der Waals surface area contributed by atoms with Crippen LogP contribution in [0.2, 0.25) is 0 Å². The smallest absolute Gasteiger partial charge is 0.344 e. The van der Waals surface area contributed by atoms with Crippen molar-refractivity contribution >= 4 is 11.9 Å². The van der Waals surface area contributed by atoms with Gasteiger partial charge in [0.1, 0.15) is 5.75 Å². The van der Waals surface area contributed by atoms with Gasteiger partial charge in [-0.1, -0.05) is 48.0 Å². The maximum Gasteiger partial charge on any atom is 0.344 e. The molecule has 3 rings (SSSR count). The third-order valence-electron chi connectivity index (χ3n) is 4.91. The van der Waals surface area contributed by atoms with E-state index in [0.717, 1.165) is 17.7 Å². The lowest BCUT2D eigenvalue weighted by Gasteiger charge is -2.34. The number of piperazine rings is 1. The second-order valence-electron chi connectivity index (χ2n) is 7.22. The van der Waals surface area contributed by atoms with Crippen molar-refractivity contribution < 1.29 is 19.4 Å². The van der Waals surface area contributed by atoms with Gasteiger partial charge in [0.2, 0.25) is 5.91 Å². The van der Waals surface area contributed by atoms with Crippen molar-refractivity contribution in [3.8, 4) is 5.75 Å². The van der Waals surface area contributed by atoms with Crippen molar-refractivity contribution in [1.29, 1.82) is 0 Å².